The van der Waals surface area contributed by atoms with Gasteiger partial charge in [0.15, 0.2) is 11.5 Å². The Hall–Kier alpha value is -4.37. The lowest BCUT2D eigenvalue weighted by Gasteiger charge is -2.14. The van der Waals surface area contributed by atoms with Gasteiger partial charge in [0.25, 0.3) is 5.91 Å². The summed E-state index contributed by atoms with van der Waals surface area (Å²) in [7, 11) is 1.43. The molecule has 1 heterocycles. The largest absolute Gasteiger partial charge is 0.493 e. The molecule has 8 nitrogen and oxygen atoms in total. The molecule has 1 aliphatic rings. The molecule has 4 rings (SSSR count). The summed E-state index contributed by atoms with van der Waals surface area (Å²) in [5, 5.41) is 5.33. The van der Waals surface area contributed by atoms with Crippen molar-refractivity contribution in [2.24, 2.45) is 0 Å². The second-order valence-corrected chi connectivity index (χ2v) is 8.66. The second kappa shape index (κ2) is 11.1. The van der Waals surface area contributed by atoms with Crippen molar-refractivity contribution in [3.63, 3.8) is 0 Å². The van der Waals surface area contributed by atoms with E-state index in [1.54, 1.807) is 36.4 Å². The van der Waals surface area contributed by atoms with Crippen LogP contribution in [0.25, 0.3) is 6.08 Å². The van der Waals surface area contributed by atoms with E-state index >= 15 is 0 Å². The smallest absolute Gasteiger partial charge is 0.329 e. The average Bonchev–Trinajstić information content (AvgIpc) is 3.10. The summed E-state index contributed by atoms with van der Waals surface area (Å²) < 4.78 is 24.6. The molecule has 4 amide bonds. The van der Waals surface area contributed by atoms with Crippen LogP contribution < -0.4 is 20.1 Å². The zero-order valence-corrected chi connectivity index (χ0v) is 20.8. The Bertz CT molecular complexity index is 1410. The van der Waals surface area contributed by atoms with Crippen LogP contribution in [0.2, 0.25) is 5.02 Å². The summed E-state index contributed by atoms with van der Waals surface area (Å²) in [6.07, 6.45) is 1.42. The number of hydrogen-bond donors (Lipinski definition) is 2. The van der Waals surface area contributed by atoms with Gasteiger partial charge in [0.2, 0.25) is 5.91 Å². The number of nitrogens with one attached hydrogen (secondary N) is 2. The second-order valence-electron chi connectivity index (χ2n) is 8.25. The molecule has 0 spiro atoms. The number of ether oxygens (including phenoxy) is 2. The minimum absolute atomic E-state index is 0.0279. The third kappa shape index (κ3) is 6.25. The van der Waals surface area contributed by atoms with Gasteiger partial charge in [-0.1, -0.05) is 35.9 Å². The van der Waals surface area contributed by atoms with E-state index < -0.39 is 24.4 Å². The van der Waals surface area contributed by atoms with E-state index in [0.717, 1.165) is 10.5 Å². The Morgan fingerprint density at radius 3 is 2.65 bits per heavy atom. The van der Waals surface area contributed by atoms with E-state index in [1.165, 1.54) is 31.4 Å². The van der Waals surface area contributed by atoms with E-state index in [4.69, 9.17) is 21.1 Å². The van der Waals surface area contributed by atoms with Gasteiger partial charge in [0, 0.05) is 5.69 Å². The Balaban J connectivity index is 1.47. The van der Waals surface area contributed by atoms with Crippen molar-refractivity contribution in [1.29, 1.82) is 0 Å². The number of methoxy groups -OCH3 is 1. The first-order chi connectivity index (χ1) is 17.7. The maximum atomic E-state index is 13.4. The summed E-state index contributed by atoms with van der Waals surface area (Å²) in [6.45, 7) is 1.49. The van der Waals surface area contributed by atoms with Crippen molar-refractivity contribution in [2.75, 3.05) is 19.0 Å². The predicted octanol–water partition coefficient (Wildman–Crippen LogP) is 4.91. The van der Waals surface area contributed by atoms with Crippen LogP contribution in [-0.4, -0.2) is 36.4 Å². The van der Waals surface area contributed by atoms with Gasteiger partial charge in [0.1, 0.15) is 24.7 Å². The van der Waals surface area contributed by atoms with Gasteiger partial charge in [-0.2, -0.15) is 0 Å². The van der Waals surface area contributed by atoms with Crippen molar-refractivity contribution < 1.29 is 28.2 Å². The topological polar surface area (TPSA) is 97.0 Å². The number of amides is 4. The van der Waals surface area contributed by atoms with Crippen LogP contribution in [0, 0.1) is 12.7 Å². The highest BCUT2D eigenvalue weighted by Crippen LogP contribution is 2.37. The fraction of sp³-hybridized carbons (Fsp3) is 0.148. The maximum absolute atomic E-state index is 13.4. The number of imide groups is 1. The van der Waals surface area contributed by atoms with Crippen LogP contribution >= 0.6 is 11.6 Å². The standard InChI is InChI=1S/C27H23ClFN3O5/c1-16-5-3-8-20(9-16)30-24(33)14-32-26(34)22(31-27(32)35)12-18-11-21(28)25(23(13-18)36-2)37-15-17-6-4-7-19(29)10-17/h3-13H,14-15H2,1-2H3,(H,30,33)(H,31,35)/b22-12+. The number of hydrogen-bond acceptors (Lipinski definition) is 5. The predicted molar refractivity (Wildman–Crippen MR) is 137 cm³/mol. The number of urea groups is 1. The summed E-state index contributed by atoms with van der Waals surface area (Å²) in [4.78, 5) is 38.4. The quantitative estimate of drug-likeness (QED) is 0.323. The average molecular weight is 524 g/mol. The number of halogens is 2. The molecule has 10 heteroatoms. The highest BCUT2D eigenvalue weighted by Gasteiger charge is 2.35. The molecular weight excluding hydrogens is 501 g/mol. The van der Waals surface area contributed by atoms with Gasteiger partial charge in [0.05, 0.1) is 12.1 Å². The van der Waals surface area contributed by atoms with Gasteiger partial charge in [-0.05, 0) is 66.1 Å². The van der Waals surface area contributed by atoms with Crippen LogP contribution in [0.15, 0.2) is 66.4 Å². The summed E-state index contributed by atoms with van der Waals surface area (Å²) >= 11 is 6.40. The number of anilines is 1. The van der Waals surface area contributed by atoms with Gasteiger partial charge in [-0.15, -0.1) is 0 Å². The van der Waals surface area contributed by atoms with Crippen LogP contribution in [-0.2, 0) is 16.2 Å². The molecule has 0 bridgehead atoms. The molecule has 0 aliphatic carbocycles. The molecule has 0 saturated carbocycles. The molecule has 0 atom stereocenters. The van der Waals surface area contributed by atoms with Gasteiger partial charge in [-0.25, -0.2) is 14.1 Å². The van der Waals surface area contributed by atoms with E-state index in [2.05, 4.69) is 10.6 Å². The number of nitrogens with zero attached hydrogens (tertiary/aromatic N) is 1. The van der Waals surface area contributed by atoms with Crippen molar-refractivity contribution in [1.82, 2.24) is 10.2 Å². The normalized spacial score (nSPS) is 14.1. The molecule has 37 heavy (non-hydrogen) atoms. The molecular formula is C27H23ClFN3O5. The number of carbonyl (C=O) groups is 3. The third-order valence-electron chi connectivity index (χ3n) is 5.40. The first kappa shape index (κ1) is 25.7. The minimum atomic E-state index is -0.719. The Morgan fingerprint density at radius 1 is 1.14 bits per heavy atom. The van der Waals surface area contributed by atoms with Crippen molar-refractivity contribution in [2.45, 2.75) is 13.5 Å². The van der Waals surface area contributed by atoms with E-state index in [9.17, 15) is 18.8 Å². The SMILES string of the molecule is COc1cc(/C=C2/NC(=O)N(CC(=O)Nc3cccc(C)c3)C2=O)cc(Cl)c1OCc1cccc(F)c1. The van der Waals surface area contributed by atoms with E-state index in [0.29, 0.717) is 16.8 Å². The molecule has 3 aromatic carbocycles. The Kier molecular flexibility index (Phi) is 7.74. The summed E-state index contributed by atoms with van der Waals surface area (Å²) in [5.74, 6) is -1.04. The van der Waals surface area contributed by atoms with E-state index in [-0.39, 0.29) is 34.6 Å². The van der Waals surface area contributed by atoms with Gasteiger partial charge < -0.3 is 20.1 Å². The summed E-state index contributed by atoms with van der Waals surface area (Å²) in [6, 6.07) is 15.5. The maximum Gasteiger partial charge on any atom is 0.329 e. The number of benzene rings is 3. The van der Waals surface area contributed by atoms with Gasteiger partial charge >= 0.3 is 6.03 Å². The van der Waals surface area contributed by atoms with Crippen LogP contribution in [0.4, 0.5) is 14.9 Å². The molecule has 3 aromatic rings. The molecule has 0 unspecified atom stereocenters. The molecule has 0 radical (unpaired) electrons. The first-order valence-electron chi connectivity index (χ1n) is 11.2. The van der Waals surface area contributed by atoms with Gasteiger partial charge in [-0.3, -0.25) is 9.59 Å². The fourth-order valence-corrected chi connectivity index (χ4v) is 3.97. The highest BCUT2D eigenvalue weighted by molar-refractivity contribution is 6.32. The number of aryl methyl sites for hydroxylation is 1. The van der Waals surface area contributed by atoms with Crippen molar-refractivity contribution >= 4 is 41.2 Å². The Morgan fingerprint density at radius 2 is 1.92 bits per heavy atom. The number of rotatable bonds is 8. The van der Waals surface area contributed by atoms with Crippen LogP contribution in [0.3, 0.4) is 0 Å². The molecule has 1 fully saturated rings. The molecule has 190 valence electrons. The molecule has 1 saturated heterocycles. The Labute approximate surface area is 217 Å². The van der Waals surface area contributed by atoms with Crippen molar-refractivity contribution in [3.8, 4) is 11.5 Å². The monoisotopic (exact) mass is 523 g/mol. The number of carbonyl (C=O) groups excluding carboxylic acids is 3. The van der Waals surface area contributed by atoms with E-state index in [1.807, 2.05) is 13.0 Å². The lowest BCUT2D eigenvalue weighted by molar-refractivity contribution is -0.127. The van der Waals surface area contributed by atoms with Crippen LogP contribution in [0.1, 0.15) is 16.7 Å². The third-order valence-corrected chi connectivity index (χ3v) is 5.68. The fourth-order valence-electron chi connectivity index (χ4n) is 3.69. The highest BCUT2D eigenvalue weighted by atomic mass is 35.5. The zero-order chi connectivity index (χ0) is 26.5. The zero-order valence-electron chi connectivity index (χ0n) is 20.0. The lowest BCUT2D eigenvalue weighted by Crippen LogP contribution is -2.38. The lowest BCUT2D eigenvalue weighted by atomic mass is 10.1. The molecule has 1 aliphatic heterocycles. The first-order valence-corrected chi connectivity index (χ1v) is 11.6. The summed E-state index contributed by atoms with van der Waals surface area (Å²) in [5.41, 5.74) is 2.55. The van der Waals surface area contributed by atoms with Crippen LogP contribution in [0.5, 0.6) is 11.5 Å². The molecule has 2 N–H and O–H groups in total. The molecule has 0 aromatic heterocycles. The van der Waals surface area contributed by atoms with Crippen molar-refractivity contribution in [3.05, 3.63) is 93.9 Å². The minimum Gasteiger partial charge on any atom is -0.493 e.